The summed E-state index contributed by atoms with van der Waals surface area (Å²) in [6.45, 7) is 5.90. The fourth-order valence-electron chi connectivity index (χ4n) is 3.50. The zero-order chi connectivity index (χ0) is 13.1. The molecule has 104 valence electrons. The molecule has 4 nitrogen and oxygen atoms in total. The summed E-state index contributed by atoms with van der Waals surface area (Å²) in [6, 6.07) is 0.207. The molecule has 4 atom stereocenters. The van der Waals surface area contributed by atoms with Crippen molar-refractivity contribution >= 4 is 5.97 Å². The molecule has 1 N–H and O–H groups in total. The lowest BCUT2D eigenvalue weighted by Gasteiger charge is -2.41. The van der Waals surface area contributed by atoms with Crippen LogP contribution >= 0.6 is 0 Å². The second kappa shape index (κ2) is 6.02. The average Bonchev–Trinajstić information content (AvgIpc) is 2.52. The molecule has 0 aromatic carbocycles. The molecule has 1 saturated carbocycles. The summed E-state index contributed by atoms with van der Waals surface area (Å²) in [5.74, 6) is -0.807. The number of carbonyl (C=O) groups is 1. The van der Waals surface area contributed by atoms with Crippen molar-refractivity contribution in [3.8, 4) is 0 Å². The van der Waals surface area contributed by atoms with Gasteiger partial charge >= 0.3 is 5.97 Å². The number of hydrogen-bond acceptors (Lipinski definition) is 3. The van der Waals surface area contributed by atoms with Gasteiger partial charge in [0.25, 0.3) is 0 Å². The Labute approximate surface area is 109 Å². The number of ether oxygens (including phenoxy) is 1. The maximum atomic E-state index is 11.5. The molecular weight excluding hydrogens is 230 g/mol. The van der Waals surface area contributed by atoms with Crippen molar-refractivity contribution < 1.29 is 14.6 Å². The highest BCUT2D eigenvalue weighted by Gasteiger charge is 2.36. The van der Waals surface area contributed by atoms with Gasteiger partial charge in [-0.15, -0.1) is 0 Å². The van der Waals surface area contributed by atoms with E-state index in [2.05, 4.69) is 18.7 Å². The fourth-order valence-corrected chi connectivity index (χ4v) is 3.50. The highest BCUT2D eigenvalue weighted by atomic mass is 16.5. The van der Waals surface area contributed by atoms with E-state index in [-0.39, 0.29) is 24.2 Å². The summed E-state index contributed by atoms with van der Waals surface area (Å²) in [5, 5.41) is 9.44. The minimum absolute atomic E-state index is 0.190. The summed E-state index contributed by atoms with van der Waals surface area (Å²) >= 11 is 0. The molecule has 0 spiro atoms. The number of carboxylic acids is 1. The molecule has 2 unspecified atom stereocenters. The number of rotatable bonds is 2. The first-order valence-corrected chi connectivity index (χ1v) is 7.20. The van der Waals surface area contributed by atoms with E-state index in [0.29, 0.717) is 0 Å². The number of nitrogens with zero attached hydrogens (tertiary/aromatic N) is 1. The van der Waals surface area contributed by atoms with Gasteiger partial charge in [-0.1, -0.05) is 19.3 Å². The van der Waals surface area contributed by atoms with Gasteiger partial charge in [0.05, 0.1) is 18.1 Å². The van der Waals surface area contributed by atoms with Crippen molar-refractivity contribution in [2.45, 2.75) is 64.2 Å². The molecule has 2 rings (SSSR count). The van der Waals surface area contributed by atoms with Crippen LogP contribution in [0.5, 0.6) is 0 Å². The molecule has 1 aliphatic heterocycles. The third kappa shape index (κ3) is 3.23. The van der Waals surface area contributed by atoms with Crippen LogP contribution in [0.25, 0.3) is 0 Å². The zero-order valence-electron chi connectivity index (χ0n) is 11.5. The molecule has 0 bridgehead atoms. The Morgan fingerprint density at radius 1 is 1.11 bits per heavy atom. The van der Waals surface area contributed by atoms with E-state index in [1.165, 1.54) is 6.42 Å². The van der Waals surface area contributed by atoms with Crippen molar-refractivity contribution in [1.82, 2.24) is 4.90 Å². The molecular formula is C14H25NO3. The summed E-state index contributed by atoms with van der Waals surface area (Å²) in [7, 11) is 0. The quantitative estimate of drug-likeness (QED) is 0.768. The molecule has 18 heavy (non-hydrogen) atoms. The van der Waals surface area contributed by atoms with Crippen LogP contribution < -0.4 is 0 Å². The Morgan fingerprint density at radius 3 is 2.33 bits per heavy atom. The summed E-state index contributed by atoms with van der Waals surface area (Å²) in [4.78, 5) is 13.8. The van der Waals surface area contributed by atoms with E-state index < -0.39 is 5.97 Å². The standard InChI is InChI=1S/C14H25NO3/c1-10-8-15(9-11(2)18-10)13-7-5-3-4-6-12(13)14(16)17/h10-13H,3-9H2,1-2H3,(H,16,17)/t10-,11+,12?,13?. The van der Waals surface area contributed by atoms with Crippen LogP contribution in [0.4, 0.5) is 0 Å². The van der Waals surface area contributed by atoms with Gasteiger partial charge in [-0.2, -0.15) is 0 Å². The van der Waals surface area contributed by atoms with E-state index in [1.54, 1.807) is 0 Å². The number of morpholine rings is 1. The van der Waals surface area contributed by atoms with Crippen molar-refractivity contribution in [3.05, 3.63) is 0 Å². The van der Waals surface area contributed by atoms with Gasteiger partial charge in [0.15, 0.2) is 0 Å². The zero-order valence-corrected chi connectivity index (χ0v) is 11.5. The van der Waals surface area contributed by atoms with Crippen LogP contribution in [-0.4, -0.2) is 47.3 Å². The Hall–Kier alpha value is -0.610. The van der Waals surface area contributed by atoms with Gasteiger partial charge < -0.3 is 9.84 Å². The normalized spacial score (nSPS) is 39.2. The third-order valence-corrected chi connectivity index (χ3v) is 4.21. The summed E-state index contributed by atoms with van der Waals surface area (Å²) in [5.41, 5.74) is 0. The number of hydrogen-bond donors (Lipinski definition) is 1. The van der Waals surface area contributed by atoms with Gasteiger partial charge in [0.1, 0.15) is 0 Å². The molecule has 0 amide bonds. The minimum atomic E-state index is -0.617. The van der Waals surface area contributed by atoms with Gasteiger partial charge in [-0.3, -0.25) is 9.69 Å². The van der Waals surface area contributed by atoms with E-state index >= 15 is 0 Å². The molecule has 1 heterocycles. The predicted molar refractivity (Wildman–Crippen MR) is 69.6 cm³/mol. The maximum Gasteiger partial charge on any atom is 0.308 e. The monoisotopic (exact) mass is 255 g/mol. The molecule has 1 saturated heterocycles. The molecule has 4 heteroatoms. The lowest BCUT2D eigenvalue weighted by molar-refractivity contribution is -0.147. The SMILES string of the molecule is C[C@@H]1CN(C2CCCCCC2C(=O)O)C[C@H](C)O1. The second-order valence-electron chi connectivity index (χ2n) is 5.86. The first-order valence-electron chi connectivity index (χ1n) is 7.20. The van der Waals surface area contributed by atoms with Crippen LogP contribution in [-0.2, 0) is 9.53 Å². The lowest BCUT2D eigenvalue weighted by Crippen LogP contribution is -2.53. The smallest absolute Gasteiger partial charge is 0.308 e. The molecule has 0 aromatic heterocycles. The van der Waals surface area contributed by atoms with Gasteiger partial charge in [-0.25, -0.2) is 0 Å². The Bertz CT molecular complexity index is 285. The lowest BCUT2D eigenvalue weighted by atomic mass is 9.92. The van der Waals surface area contributed by atoms with Crippen LogP contribution in [0.2, 0.25) is 0 Å². The third-order valence-electron chi connectivity index (χ3n) is 4.21. The number of carboxylic acid groups (broad SMARTS) is 1. The van der Waals surface area contributed by atoms with E-state index in [9.17, 15) is 9.90 Å². The van der Waals surface area contributed by atoms with Crippen molar-refractivity contribution in [2.24, 2.45) is 5.92 Å². The first kappa shape index (κ1) is 13.8. The minimum Gasteiger partial charge on any atom is -0.481 e. The maximum absolute atomic E-state index is 11.5. The van der Waals surface area contributed by atoms with Gasteiger partial charge in [-0.05, 0) is 26.7 Å². The van der Waals surface area contributed by atoms with Crippen molar-refractivity contribution in [3.63, 3.8) is 0 Å². The molecule has 2 aliphatic rings. The molecule has 0 aromatic rings. The van der Waals surface area contributed by atoms with Crippen molar-refractivity contribution in [2.75, 3.05) is 13.1 Å². The van der Waals surface area contributed by atoms with E-state index in [4.69, 9.17) is 4.74 Å². The molecule has 0 radical (unpaired) electrons. The topological polar surface area (TPSA) is 49.8 Å². The van der Waals surface area contributed by atoms with Crippen molar-refractivity contribution in [1.29, 1.82) is 0 Å². The predicted octanol–water partition coefficient (Wildman–Crippen LogP) is 2.13. The summed E-state index contributed by atoms with van der Waals surface area (Å²) in [6.07, 6.45) is 5.68. The average molecular weight is 255 g/mol. The van der Waals surface area contributed by atoms with E-state index in [1.807, 2.05) is 0 Å². The highest BCUT2D eigenvalue weighted by molar-refractivity contribution is 5.70. The van der Waals surface area contributed by atoms with Crippen LogP contribution in [0.1, 0.15) is 46.0 Å². The first-order chi connectivity index (χ1) is 8.58. The highest BCUT2D eigenvalue weighted by Crippen LogP contribution is 2.29. The van der Waals surface area contributed by atoms with Crippen LogP contribution in [0.3, 0.4) is 0 Å². The largest absolute Gasteiger partial charge is 0.481 e. The molecule has 1 aliphatic carbocycles. The Morgan fingerprint density at radius 2 is 1.72 bits per heavy atom. The summed E-state index contributed by atoms with van der Waals surface area (Å²) < 4.78 is 5.75. The van der Waals surface area contributed by atoms with Gasteiger partial charge in [0, 0.05) is 19.1 Å². The fraction of sp³-hybridized carbons (Fsp3) is 0.929. The Kier molecular flexibility index (Phi) is 4.62. The van der Waals surface area contributed by atoms with Gasteiger partial charge in [0.2, 0.25) is 0 Å². The van der Waals surface area contributed by atoms with E-state index in [0.717, 1.165) is 38.8 Å². The second-order valence-corrected chi connectivity index (χ2v) is 5.86. The van der Waals surface area contributed by atoms with Crippen LogP contribution in [0, 0.1) is 5.92 Å². The van der Waals surface area contributed by atoms with Crippen LogP contribution in [0.15, 0.2) is 0 Å². The number of aliphatic carboxylic acids is 1. The molecule has 2 fully saturated rings. The Balaban J connectivity index is 2.09.